The molecule has 0 unspecified atom stereocenters. The van der Waals surface area contributed by atoms with E-state index in [9.17, 15) is 9.59 Å². The second kappa shape index (κ2) is 5.72. The summed E-state index contributed by atoms with van der Waals surface area (Å²) in [6.45, 7) is 4.44. The molecule has 8 nitrogen and oxygen atoms in total. The number of fused-ring (bicyclic) bond motifs is 1. The molecule has 21 heavy (non-hydrogen) atoms. The largest absolute Gasteiger partial charge is 0.480 e. The summed E-state index contributed by atoms with van der Waals surface area (Å²) in [5.74, 6) is 0.0942. The maximum atomic E-state index is 12.5. The summed E-state index contributed by atoms with van der Waals surface area (Å²) in [6, 6.07) is 0.0271. The van der Waals surface area contributed by atoms with E-state index in [0.29, 0.717) is 39.3 Å². The number of carboxylic acid groups (broad SMARTS) is 1. The molecule has 0 atom stereocenters. The number of carbonyl (C=O) groups is 2. The first-order valence-corrected chi connectivity index (χ1v) is 7.11. The van der Waals surface area contributed by atoms with Crippen molar-refractivity contribution in [1.82, 2.24) is 24.3 Å². The van der Waals surface area contributed by atoms with E-state index in [1.54, 1.807) is 11.1 Å². The first kappa shape index (κ1) is 13.9. The lowest BCUT2D eigenvalue weighted by Crippen LogP contribution is -2.54. The average molecular weight is 293 g/mol. The number of rotatable bonds is 2. The van der Waals surface area contributed by atoms with Crippen molar-refractivity contribution in [2.75, 3.05) is 39.3 Å². The topological polar surface area (TPSA) is 81.9 Å². The average Bonchev–Trinajstić information content (AvgIpc) is 2.94. The zero-order valence-electron chi connectivity index (χ0n) is 11.8. The highest BCUT2D eigenvalue weighted by molar-refractivity contribution is 5.74. The number of urea groups is 1. The molecule has 3 heterocycles. The Morgan fingerprint density at radius 3 is 2.52 bits per heavy atom. The molecule has 0 spiro atoms. The van der Waals surface area contributed by atoms with Gasteiger partial charge >= 0.3 is 12.0 Å². The molecule has 8 heteroatoms. The van der Waals surface area contributed by atoms with Crippen molar-refractivity contribution in [1.29, 1.82) is 0 Å². The van der Waals surface area contributed by atoms with Crippen molar-refractivity contribution in [3.63, 3.8) is 0 Å². The Hall–Kier alpha value is -2.09. The highest BCUT2D eigenvalue weighted by atomic mass is 16.4. The minimum Gasteiger partial charge on any atom is -0.480 e. The third kappa shape index (κ3) is 2.99. The Bertz CT molecular complexity index is 536. The van der Waals surface area contributed by atoms with Crippen LogP contribution in [0.15, 0.2) is 12.4 Å². The lowest BCUT2D eigenvalue weighted by molar-refractivity contribution is -0.138. The molecule has 1 fully saturated rings. The van der Waals surface area contributed by atoms with Crippen molar-refractivity contribution in [3.8, 4) is 0 Å². The fourth-order valence-electron chi connectivity index (χ4n) is 2.83. The SMILES string of the molecule is O=C(O)CN1CCN(C(=O)N2CCn3ccnc3C2)CC1. The number of imidazole rings is 1. The summed E-state index contributed by atoms with van der Waals surface area (Å²) in [7, 11) is 0. The molecule has 3 rings (SSSR count). The Morgan fingerprint density at radius 2 is 1.81 bits per heavy atom. The van der Waals surface area contributed by atoms with Crippen LogP contribution in [-0.2, 0) is 17.9 Å². The second-order valence-corrected chi connectivity index (χ2v) is 5.40. The number of hydrogen-bond donors (Lipinski definition) is 1. The van der Waals surface area contributed by atoms with Gasteiger partial charge in [-0.25, -0.2) is 9.78 Å². The number of aromatic nitrogens is 2. The number of hydrogen-bond acceptors (Lipinski definition) is 4. The van der Waals surface area contributed by atoms with E-state index in [0.717, 1.165) is 12.4 Å². The predicted octanol–water partition coefficient (Wildman–Crippen LogP) is -0.479. The Morgan fingerprint density at radius 1 is 1.10 bits per heavy atom. The zero-order valence-corrected chi connectivity index (χ0v) is 11.8. The van der Waals surface area contributed by atoms with Gasteiger partial charge in [0.2, 0.25) is 0 Å². The van der Waals surface area contributed by atoms with Crippen molar-refractivity contribution >= 4 is 12.0 Å². The fraction of sp³-hybridized carbons (Fsp3) is 0.615. The van der Waals surface area contributed by atoms with Gasteiger partial charge < -0.3 is 19.5 Å². The number of nitrogens with zero attached hydrogens (tertiary/aromatic N) is 5. The Labute approximate surface area is 122 Å². The Kier molecular flexibility index (Phi) is 3.78. The number of piperazine rings is 1. The summed E-state index contributed by atoms with van der Waals surface area (Å²) < 4.78 is 2.06. The van der Waals surface area contributed by atoms with Crippen LogP contribution < -0.4 is 0 Å². The van der Waals surface area contributed by atoms with Crippen LogP contribution in [0.1, 0.15) is 5.82 Å². The molecule has 1 aromatic heterocycles. The quantitative estimate of drug-likeness (QED) is 0.796. The van der Waals surface area contributed by atoms with Crippen molar-refractivity contribution in [2.24, 2.45) is 0 Å². The molecular weight excluding hydrogens is 274 g/mol. The van der Waals surface area contributed by atoms with E-state index in [-0.39, 0.29) is 12.6 Å². The number of aliphatic carboxylic acids is 1. The van der Waals surface area contributed by atoms with E-state index < -0.39 is 5.97 Å². The minimum atomic E-state index is -0.822. The molecule has 0 bridgehead atoms. The first-order chi connectivity index (χ1) is 10.1. The smallest absolute Gasteiger partial charge is 0.320 e. The number of carboxylic acids is 1. The van der Waals surface area contributed by atoms with Crippen LogP contribution in [0.4, 0.5) is 4.79 Å². The molecule has 1 N–H and O–H groups in total. The summed E-state index contributed by atoms with van der Waals surface area (Å²) >= 11 is 0. The van der Waals surface area contributed by atoms with E-state index >= 15 is 0 Å². The summed E-state index contributed by atoms with van der Waals surface area (Å²) in [6.07, 6.45) is 3.69. The van der Waals surface area contributed by atoms with Gasteiger partial charge in [-0.3, -0.25) is 9.69 Å². The van der Waals surface area contributed by atoms with Gasteiger partial charge in [-0.1, -0.05) is 0 Å². The fourth-order valence-corrected chi connectivity index (χ4v) is 2.83. The van der Waals surface area contributed by atoms with Crippen molar-refractivity contribution < 1.29 is 14.7 Å². The molecule has 114 valence electrons. The molecule has 0 aliphatic carbocycles. The van der Waals surface area contributed by atoms with Gasteiger partial charge in [0.05, 0.1) is 13.1 Å². The lowest BCUT2D eigenvalue weighted by atomic mass is 10.3. The summed E-state index contributed by atoms with van der Waals surface area (Å²) in [5.41, 5.74) is 0. The highest BCUT2D eigenvalue weighted by Crippen LogP contribution is 2.13. The van der Waals surface area contributed by atoms with Gasteiger partial charge in [0, 0.05) is 51.7 Å². The third-order valence-electron chi connectivity index (χ3n) is 4.02. The molecule has 2 amide bonds. The van der Waals surface area contributed by atoms with E-state index in [1.165, 1.54) is 0 Å². The Balaban J connectivity index is 1.54. The maximum Gasteiger partial charge on any atom is 0.320 e. The number of carbonyl (C=O) groups excluding carboxylic acids is 1. The molecule has 0 radical (unpaired) electrons. The second-order valence-electron chi connectivity index (χ2n) is 5.40. The van der Waals surface area contributed by atoms with E-state index in [4.69, 9.17) is 5.11 Å². The van der Waals surface area contributed by atoms with Gasteiger partial charge in [0.15, 0.2) is 0 Å². The molecule has 1 saturated heterocycles. The van der Waals surface area contributed by atoms with Gasteiger partial charge in [-0.2, -0.15) is 0 Å². The van der Waals surface area contributed by atoms with Crippen molar-refractivity contribution in [2.45, 2.75) is 13.1 Å². The molecular formula is C13H19N5O3. The first-order valence-electron chi connectivity index (χ1n) is 7.11. The standard InChI is InChI=1S/C13H19N5O3/c19-12(20)10-15-3-5-17(6-4-15)13(21)18-8-7-16-2-1-14-11(16)9-18/h1-2H,3-10H2,(H,19,20). The zero-order chi connectivity index (χ0) is 14.8. The van der Waals surface area contributed by atoms with Gasteiger partial charge in [0.1, 0.15) is 5.82 Å². The third-order valence-corrected chi connectivity index (χ3v) is 4.02. The molecule has 0 aromatic carbocycles. The molecule has 2 aliphatic heterocycles. The van der Waals surface area contributed by atoms with Gasteiger partial charge in [0.25, 0.3) is 0 Å². The molecule has 2 aliphatic rings. The monoisotopic (exact) mass is 293 g/mol. The highest BCUT2D eigenvalue weighted by Gasteiger charge is 2.28. The minimum absolute atomic E-state index is 0.0271. The van der Waals surface area contributed by atoms with Crippen LogP contribution in [0.2, 0.25) is 0 Å². The van der Waals surface area contributed by atoms with Crippen LogP contribution in [0, 0.1) is 0 Å². The molecule has 1 aromatic rings. The lowest BCUT2D eigenvalue weighted by Gasteiger charge is -2.38. The van der Waals surface area contributed by atoms with E-state index in [2.05, 4.69) is 9.55 Å². The van der Waals surface area contributed by atoms with Gasteiger partial charge in [-0.05, 0) is 0 Å². The normalized spacial score (nSPS) is 19.4. The van der Waals surface area contributed by atoms with Crippen LogP contribution in [0.25, 0.3) is 0 Å². The maximum absolute atomic E-state index is 12.5. The predicted molar refractivity (Wildman–Crippen MR) is 73.7 cm³/mol. The van der Waals surface area contributed by atoms with E-state index in [1.807, 2.05) is 16.0 Å². The number of amides is 2. The summed E-state index contributed by atoms with van der Waals surface area (Å²) in [4.78, 5) is 32.9. The van der Waals surface area contributed by atoms with Crippen LogP contribution in [0.3, 0.4) is 0 Å². The van der Waals surface area contributed by atoms with Crippen LogP contribution in [0.5, 0.6) is 0 Å². The summed E-state index contributed by atoms with van der Waals surface area (Å²) in [5, 5.41) is 8.78. The van der Waals surface area contributed by atoms with Crippen LogP contribution in [-0.4, -0.2) is 80.6 Å². The van der Waals surface area contributed by atoms with Crippen LogP contribution >= 0.6 is 0 Å². The van der Waals surface area contributed by atoms with Crippen molar-refractivity contribution in [3.05, 3.63) is 18.2 Å². The molecule has 0 saturated carbocycles. The van der Waals surface area contributed by atoms with Gasteiger partial charge in [-0.15, -0.1) is 0 Å².